The van der Waals surface area contributed by atoms with E-state index in [9.17, 15) is 4.79 Å². The van der Waals surface area contributed by atoms with E-state index in [1.807, 2.05) is 6.07 Å². The molecule has 0 radical (unpaired) electrons. The molecule has 0 aromatic heterocycles. The van der Waals surface area contributed by atoms with Crippen molar-refractivity contribution in [3.63, 3.8) is 0 Å². The lowest BCUT2D eigenvalue weighted by atomic mass is 10.2. The molecule has 80 valence electrons. The van der Waals surface area contributed by atoms with Gasteiger partial charge in [-0.3, -0.25) is 0 Å². The fourth-order valence-corrected chi connectivity index (χ4v) is 0.976. The van der Waals surface area contributed by atoms with E-state index < -0.39 is 5.97 Å². The predicted octanol–water partition coefficient (Wildman–Crippen LogP) is 1.00. The molecular weight excluding hydrogens is 208 g/mol. The number of esters is 1. The fourth-order valence-electron chi connectivity index (χ4n) is 0.976. The van der Waals surface area contributed by atoms with Crippen LogP contribution in [0, 0.1) is 22.7 Å². The Hall–Kier alpha value is -2.53. The maximum atomic E-state index is 11.0. The highest BCUT2D eigenvalue weighted by Crippen LogP contribution is 2.16. The molecule has 0 aliphatic carbocycles. The van der Waals surface area contributed by atoms with Crippen molar-refractivity contribution >= 4 is 5.97 Å². The highest BCUT2D eigenvalue weighted by molar-refractivity contribution is 5.71. The molecule has 0 bridgehead atoms. The van der Waals surface area contributed by atoms with Crippen LogP contribution in [0.1, 0.15) is 5.56 Å². The second kappa shape index (κ2) is 6.05. The van der Waals surface area contributed by atoms with Crippen LogP contribution in [0.15, 0.2) is 24.3 Å². The van der Waals surface area contributed by atoms with Crippen molar-refractivity contribution in [3.8, 4) is 17.9 Å². The Morgan fingerprint density at radius 2 is 2.06 bits per heavy atom. The highest BCUT2D eigenvalue weighted by Gasteiger charge is 2.06. The van der Waals surface area contributed by atoms with Gasteiger partial charge in [0.15, 0.2) is 13.2 Å². The van der Waals surface area contributed by atoms with E-state index in [1.165, 1.54) is 0 Å². The molecule has 0 atom stereocenters. The molecule has 16 heavy (non-hydrogen) atoms. The number of carbonyl (C=O) groups excluding carboxylic acids is 1. The fraction of sp³-hybridized carbons (Fsp3) is 0.182. The van der Waals surface area contributed by atoms with Crippen LogP contribution >= 0.6 is 0 Å². The highest BCUT2D eigenvalue weighted by atomic mass is 16.6. The summed E-state index contributed by atoms with van der Waals surface area (Å²) in [5.41, 5.74) is 0.343. The number of hydrogen-bond donors (Lipinski definition) is 0. The van der Waals surface area contributed by atoms with E-state index >= 15 is 0 Å². The third kappa shape index (κ3) is 3.32. The summed E-state index contributed by atoms with van der Waals surface area (Å²) in [6.45, 7) is -0.623. The lowest BCUT2D eigenvalue weighted by molar-refractivity contribution is -0.144. The molecule has 0 saturated carbocycles. The Bertz CT molecular complexity index is 457. The molecule has 0 heterocycles. The minimum absolute atomic E-state index is 0.303. The van der Waals surface area contributed by atoms with Crippen molar-refractivity contribution in [2.45, 2.75) is 0 Å². The molecular formula is C11H8N2O3. The molecule has 0 fully saturated rings. The van der Waals surface area contributed by atoms with Crippen molar-refractivity contribution in [1.82, 2.24) is 0 Å². The number of carbonyl (C=O) groups is 1. The van der Waals surface area contributed by atoms with Gasteiger partial charge in [0.1, 0.15) is 17.9 Å². The Morgan fingerprint density at radius 1 is 1.31 bits per heavy atom. The number of hydrogen-bond acceptors (Lipinski definition) is 5. The largest absolute Gasteiger partial charge is 0.481 e. The van der Waals surface area contributed by atoms with Crippen LogP contribution in [0.25, 0.3) is 0 Å². The van der Waals surface area contributed by atoms with E-state index in [0.717, 1.165) is 0 Å². The van der Waals surface area contributed by atoms with Crippen molar-refractivity contribution < 1.29 is 14.3 Å². The van der Waals surface area contributed by atoms with Crippen LogP contribution in [0.3, 0.4) is 0 Å². The first-order valence-corrected chi connectivity index (χ1v) is 4.42. The van der Waals surface area contributed by atoms with Crippen molar-refractivity contribution in [1.29, 1.82) is 10.5 Å². The Kier molecular flexibility index (Phi) is 4.36. The smallest absolute Gasteiger partial charge is 0.345 e. The first kappa shape index (κ1) is 11.5. The van der Waals surface area contributed by atoms with E-state index in [1.54, 1.807) is 30.3 Å². The first-order chi connectivity index (χ1) is 7.77. The number of nitriles is 2. The third-order valence-corrected chi connectivity index (χ3v) is 1.65. The van der Waals surface area contributed by atoms with Crippen LogP contribution < -0.4 is 4.74 Å². The van der Waals surface area contributed by atoms with E-state index in [0.29, 0.717) is 11.3 Å². The molecule has 5 heteroatoms. The maximum absolute atomic E-state index is 11.0. The van der Waals surface area contributed by atoms with E-state index in [2.05, 4.69) is 4.74 Å². The molecule has 0 saturated heterocycles. The number of benzene rings is 1. The molecule has 1 rings (SSSR count). The zero-order valence-corrected chi connectivity index (χ0v) is 8.34. The summed E-state index contributed by atoms with van der Waals surface area (Å²) in [7, 11) is 0. The number of nitrogens with zero attached hydrogens (tertiary/aromatic N) is 2. The normalized spacial score (nSPS) is 8.62. The molecule has 0 aliphatic heterocycles. The second-order valence-corrected chi connectivity index (χ2v) is 2.72. The molecule has 0 aliphatic rings. The third-order valence-electron chi connectivity index (χ3n) is 1.65. The SMILES string of the molecule is N#CCOC(=O)COc1ccccc1C#N. The van der Waals surface area contributed by atoms with Gasteiger partial charge in [0.05, 0.1) is 5.56 Å². The van der Waals surface area contributed by atoms with Gasteiger partial charge in [-0.1, -0.05) is 12.1 Å². The average molecular weight is 216 g/mol. The maximum Gasteiger partial charge on any atom is 0.345 e. The molecule has 0 spiro atoms. The molecule has 1 aromatic rings. The zero-order valence-electron chi connectivity index (χ0n) is 8.34. The lowest BCUT2D eigenvalue weighted by Crippen LogP contribution is -2.15. The predicted molar refractivity (Wildman–Crippen MR) is 53.2 cm³/mol. The van der Waals surface area contributed by atoms with Gasteiger partial charge >= 0.3 is 5.97 Å². The molecule has 5 nitrogen and oxygen atoms in total. The van der Waals surface area contributed by atoms with Crippen LogP contribution in [-0.4, -0.2) is 19.2 Å². The average Bonchev–Trinajstić information content (AvgIpc) is 2.34. The Labute approximate surface area is 92.4 Å². The van der Waals surface area contributed by atoms with Crippen LogP contribution in [0.4, 0.5) is 0 Å². The lowest BCUT2D eigenvalue weighted by Gasteiger charge is -2.05. The minimum Gasteiger partial charge on any atom is -0.481 e. The van der Waals surface area contributed by atoms with Gasteiger partial charge in [-0.15, -0.1) is 0 Å². The molecule has 0 amide bonds. The standard InChI is InChI=1S/C11H8N2O3/c12-5-6-15-11(14)8-16-10-4-2-1-3-9(10)7-13/h1-4H,6,8H2. The summed E-state index contributed by atoms with van der Waals surface area (Å²) < 4.78 is 9.56. The van der Waals surface area contributed by atoms with Gasteiger partial charge in [0.25, 0.3) is 0 Å². The van der Waals surface area contributed by atoms with Crippen molar-refractivity contribution in [3.05, 3.63) is 29.8 Å². The van der Waals surface area contributed by atoms with Crippen LogP contribution in [0.5, 0.6) is 5.75 Å². The number of para-hydroxylation sites is 1. The Morgan fingerprint density at radius 3 is 2.75 bits per heavy atom. The zero-order chi connectivity index (χ0) is 11.8. The second-order valence-electron chi connectivity index (χ2n) is 2.72. The van der Waals surface area contributed by atoms with Crippen LogP contribution in [-0.2, 0) is 9.53 Å². The summed E-state index contributed by atoms with van der Waals surface area (Å²) in [6.07, 6.45) is 0. The van der Waals surface area contributed by atoms with Crippen LogP contribution in [0.2, 0.25) is 0 Å². The van der Waals surface area contributed by atoms with Crippen molar-refractivity contribution in [2.75, 3.05) is 13.2 Å². The number of ether oxygens (including phenoxy) is 2. The topological polar surface area (TPSA) is 83.1 Å². The van der Waals surface area contributed by atoms with Crippen molar-refractivity contribution in [2.24, 2.45) is 0 Å². The molecule has 0 N–H and O–H groups in total. The van der Waals surface area contributed by atoms with Gasteiger partial charge in [-0.25, -0.2) is 4.79 Å². The summed E-state index contributed by atoms with van der Waals surface area (Å²) in [5.74, 6) is -0.326. The van der Waals surface area contributed by atoms with Gasteiger partial charge in [-0.05, 0) is 12.1 Å². The molecule has 1 aromatic carbocycles. The quantitative estimate of drug-likeness (QED) is 0.701. The molecule has 0 unspecified atom stereocenters. The summed E-state index contributed by atoms with van der Waals surface area (Å²) in [5, 5.41) is 16.9. The summed E-state index contributed by atoms with van der Waals surface area (Å²) in [4.78, 5) is 11.0. The van der Waals surface area contributed by atoms with E-state index in [-0.39, 0.29) is 13.2 Å². The minimum atomic E-state index is -0.644. The van der Waals surface area contributed by atoms with Gasteiger partial charge in [-0.2, -0.15) is 10.5 Å². The van der Waals surface area contributed by atoms with Gasteiger partial charge in [0, 0.05) is 0 Å². The summed E-state index contributed by atoms with van der Waals surface area (Å²) >= 11 is 0. The van der Waals surface area contributed by atoms with Gasteiger partial charge in [0.2, 0.25) is 0 Å². The van der Waals surface area contributed by atoms with Gasteiger partial charge < -0.3 is 9.47 Å². The van der Waals surface area contributed by atoms with E-state index in [4.69, 9.17) is 15.3 Å². The summed E-state index contributed by atoms with van der Waals surface area (Å²) in [6, 6.07) is 10.1. The first-order valence-electron chi connectivity index (χ1n) is 4.42. The Balaban J connectivity index is 2.52. The monoisotopic (exact) mass is 216 g/mol. The number of rotatable bonds is 4.